The monoisotopic (exact) mass is 437 g/mol. The minimum atomic E-state index is -0.363. The summed E-state index contributed by atoms with van der Waals surface area (Å²) in [5.74, 6) is -0.860. The van der Waals surface area contributed by atoms with Crippen LogP contribution in [-0.4, -0.2) is 35.7 Å². The smallest absolute Gasteiger partial charge is 0.282 e. The van der Waals surface area contributed by atoms with Crippen LogP contribution in [0.15, 0.2) is 48.2 Å². The Labute approximate surface area is 186 Å². The first-order chi connectivity index (χ1) is 14.9. The molecule has 160 valence electrons. The molecule has 0 spiro atoms. The van der Waals surface area contributed by atoms with Crippen LogP contribution in [0.3, 0.4) is 0 Å². The van der Waals surface area contributed by atoms with Crippen LogP contribution >= 0.6 is 11.6 Å². The summed E-state index contributed by atoms with van der Waals surface area (Å²) < 4.78 is 0. The maximum Gasteiger partial charge on any atom is 0.282 e. The Balaban J connectivity index is 1.78. The van der Waals surface area contributed by atoms with Crippen LogP contribution in [0.2, 0.25) is 5.02 Å². The Hall–Kier alpha value is -3.12. The fourth-order valence-electron chi connectivity index (χ4n) is 4.07. The van der Waals surface area contributed by atoms with Gasteiger partial charge in [-0.3, -0.25) is 14.4 Å². The number of imide groups is 1. The van der Waals surface area contributed by atoms with Gasteiger partial charge in [-0.15, -0.1) is 0 Å². The van der Waals surface area contributed by atoms with Gasteiger partial charge >= 0.3 is 0 Å². The van der Waals surface area contributed by atoms with Crippen LogP contribution in [0.5, 0.6) is 0 Å². The van der Waals surface area contributed by atoms with Crippen LogP contribution in [-0.2, 0) is 14.4 Å². The highest BCUT2D eigenvalue weighted by atomic mass is 35.5. The van der Waals surface area contributed by atoms with Gasteiger partial charge in [0.25, 0.3) is 11.8 Å². The molecular formula is C24H24ClN3O3. The highest BCUT2D eigenvalue weighted by Gasteiger charge is 2.42. The van der Waals surface area contributed by atoms with Crippen LogP contribution in [0.4, 0.5) is 11.4 Å². The number of hydrogen-bond donors (Lipinski definition) is 1. The molecule has 6 nitrogen and oxygen atoms in total. The van der Waals surface area contributed by atoms with E-state index in [4.69, 9.17) is 11.6 Å². The molecule has 1 fully saturated rings. The standard InChI is InChI=1S/C24H24ClN3O3/c1-15-6-11-19(14-20(15)25)28-23(30)21(17-7-9-18(10-8-17)26-16(2)29)22(24(28)31)27-12-4-3-5-13-27/h6-11,14H,3-5,12-13H2,1-2H3,(H,26,29). The van der Waals surface area contributed by atoms with Crippen molar-refractivity contribution in [2.75, 3.05) is 23.3 Å². The van der Waals surface area contributed by atoms with Gasteiger partial charge in [-0.05, 0) is 61.6 Å². The number of halogens is 1. The maximum atomic E-state index is 13.5. The lowest BCUT2D eigenvalue weighted by atomic mass is 10.0. The first kappa shape index (κ1) is 21.1. The summed E-state index contributed by atoms with van der Waals surface area (Å²) in [6, 6.07) is 12.2. The van der Waals surface area contributed by atoms with Crippen molar-refractivity contribution in [3.8, 4) is 0 Å². The molecule has 0 saturated carbocycles. The molecule has 0 radical (unpaired) electrons. The van der Waals surface area contributed by atoms with Crippen molar-refractivity contribution in [2.24, 2.45) is 0 Å². The van der Waals surface area contributed by atoms with Crippen molar-refractivity contribution in [3.05, 3.63) is 64.3 Å². The Bertz CT molecular complexity index is 1090. The fourth-order valence-corrected chi connectivity index (χ4v) is 4.24. The zero-order valence-electron chi connectivity index (χ0n) is 17.6. The number of piperidine rings is 1. The average molecular weight is 438 g/mol. The quantitative estimate of drug-likeness (QED) is 0.721. The van der Waals surface area contributed by atoms with E-state index in [-0.39, 0.29) is 17.7 Å². The van der Waals surface area contributed by atoms with E-state index in [9.17, 15) is 14.4 Å². The van der Waals surface area contributed by atoms with Crippen LogP contribution in [0.1, 0.15) is 37.3 Å². The summed E-state index contributed by atoms with van der Waals surface area (Å²) in [7, 11) is 0. The SMILES string of the molecule is CC(=O)Nc1ccc(C2=C(N3CCCCC3)C(=O)N(c3ccc(C)c(Cl)c3)C2=O)cc1. The van der Waals surface area contributed by atoms with E-state index in [2.05, 4.69) is 5.32 Å². The average Bonchev–Trinajstić information content (AvgIpc) is 3.01. The molecule has 0 aliphatic carbocycles. The van der Waals surface area contributed by atoms with E-state index in [0.717, 1.165) is 37.9 Å². The zero-order valence-corrected chi connectivity index (χ0v) is 18.3. The maximum absolute atomic E-state index is 13.5. The number of hydrogen-bond acceptors (Lipinski definition) is 4. The predicted octanol–water partition coefficient (Wildman–Crippen LogP) is 4.38. The highest BCUT2D eigenvalue weighted by Crippen LogP contribution is 2.37. The van der Waals surface area contributed by atoms with Gasteiger partial charge in [0, 0.05) is 30.7 Å². The summed E-state index contributed by atoms with van der Waals surface area (Å²) >= 11 is 6.28. The topological polar surface area (TPSA) is 69.7 Å². The normalized spacial score (nSPS) is 16.9. The largest absolute Gasteiger partial charge is 0.366 e. The fraction of sp³-hybridized carbons (Fsp3) is 0.292. The lowest BCUT2D eigenvalue weighted by Crippen LogP contribution is -2.37. The van der Waals surface area contributed by atoms with Crippen molar-refractivity contribution in [1.29, 1.82) is 0 Å². The van der Waals surface area contributed by atoms with Gasteiger partial charge in [0.15, 0.2) is 0 Å². The summed E-state index contributed by atoms with van der Waals surface area (Å²) in [6.07, 6.45) is 3.08. The molecule has 0 atom stereocenters. The molecule has 2 aromatic carbocycles. The van der Waals surface area contributed by atoms with E-state index in [1.54, 1.807) is 42.5 Å². The Morgan fingerprint density at radius 2 is 1.65 bits per heavy atom. The van der Waals surface area contributed by atoms with E-state index in [1.807, 2.05) is 11.8 Å². The zero-order chi connectivity index (χ0) is 22.1. The van der Waals surface area contributed by atoms with E-state index in [0.29, 0.717) is 33.2 Å². The minimum absolute atomic E-state index is 0.171. The van der Waals surface area contributed by atoms with Crippen molar-refractivity contribution in [2.45, 2.75) is 33.1 Å². The van der Waals surface area contributed by atoms with Gasteiger partial charge in [-0.25, -0.2) is 4.90 Å². The lowest BCUT2D eigenvalue weighted by molar-refractivity contribution is -0.121. The summed E-state index contributed by atoms with van der Waals surface area (Å²) in [6.45, 7) is 4.79. The van der Waals surface area contributed by atoms with Gasteiger partial charge in [-0.2, -0.15) is 0 Å². The van der Waals surface area contributed by atoms with Crippen molar-refractivity contribution < 1.29 is 14.4 Å². The Morgan fingerprint density at radius 1 is 0.968 bits per heavy atom. The van der Waals surface area contributed by atoms with Crippen molar-refractivity contribution in [1.82, 2.24) is 4.90 Å². The number of carbonyl (C=O) groups excluding carboxylic acids is 3. The molecular weight excluding hydrogens is 414 g/mol. The van der Waals surface area contributed by atoms with E-state index < -0.39 is 0 Å². The van der Waals surface area contributed by atoms with Gasteiger partial charge in [-0.1, -0.05) is 29.8 Å². The van der Waals surface area contributed by atoms with Gasteiger partial charge in [0.2, 0.25) is 5.91 Å². The van der Waals surface area contributed by atoms with E-state index in [1.165, 1.54) is 11.8 Å². The first-order valence-corrected chi connectivity index (χ1v) is 10.8. The van der Waals surface area contributed by atoms with Crippen molar-refractivity contribution in [3.63, 3.8) is 0 Å². The van der Waals surface area contributed by atoms with Gasteiger partial charge < -0.3 is 10.2 Å². The van der Waals surface area contributed by atoms with Gasteiger partial charge in [0.1, 0.15) is 5.70 Å². The van der Waals surface area contributed by atoms with Crippen LogP contribution < -0.4 is 10.2 Å². The summed E-state index contributed by atoms with van der Waals surface area (Å²) in [5, 5.41) is 3.23. The Morgan fingerprint density at radius 3 is 2.26 bits per heavy atom. The first-order valence-electron chi connectivity index (χ1n) is 10.4. The minimum Gasteiger partial charge on any atom is -0.366 e. The number of nitrogens with zero attached hydrogens (tertiary/aromatic N) is 2. The third-order valence-electron chi connectivity index (χ3n) is 5.64. The second kappa shape index (κ2) is 8.55. The summed E-state index contributed by atoms with van der Waals surface area (Å²) in [4.78, 5) is 41.6. The van der Waals surface area contributed by atoms with Crippen LogP contribution in [0.25, 0.3) is 5.57 Å². The molecule has 7 heteroatoms. The Kier molecular flexibility index (Phi) is 5.83. The number of benzene rings is 2. The number of amides is 3. The molecule has 2 aliphatic heterocycles. The molecule has 0 aromatic heterocycles. The third-order valence-corrected chi connectivity index (χ3v) is 6.05. The molecule has 2 heterocycles. The number of likely N-dealkylation sites (tertiary alicyclic amines) is 1. The molecule has 1 saturated heterocycles. The number of anilines is 2. The second-order valence-electron chi connectivity index (χ2n) is 7.91. The molecule has 1 N–H and O–H groups in total. The molecule has 31 heavy (non-hydrogen) atoms. The lowest BCUT2D eigenvalue weighted by Gasteiger charge is -2.29. The highest BCUT2D eigenvalue weighted by molar-refractivity contribution is 6.45. The van der Waals surface area contributed by atoms with Crippen molar-refractivity contribution >= 4 is 46.3 Å². The number of aryl methyl sites for hydroxylation is 1. The third kappa shape index (κ3) is 4.08. The molecule has 4 rings (SSSR count). The number of rotatable bonds is 4. The van der Waals surface area contributed by atoms with Gasteiger partial charge in [0.05, 0.1) is 11.3 Å². The predicted molar refractivity (Wildman–Crippen MR) is 122 cm³/mol. The molecule has 2 aliphatic rings. The molecule has 0 unspecified atom stereocenters. The molecule has 3 amide bonds. The van der Waals surface area contributed by atoms with E-state index >= 15 is 0 Å². The number of carbonyl (C=O) groups is 3. The van der Waals surface area contributed by atoms with Crippen LogP contribution in [0, 0.1) is 6.92 Å². The molecule has 2 aromatic rings. The molecule has 0 bridgehead atoms. The number of nitrogens with one attached hydrogen (secondary N) is 1. The second-order valence-corrected chi connectivity index (χ2v) is 8.32. The summed E-state index contributed by atoms with van der Waals surface area (Å²) in [5.41, 5.74) is 3.45.